The van der Waals surface area contributed by atoms with Crippen LogP contribution in [0.1, 0.15) is 36.1 Å². The summed E-state index contributed by atoms with van der Waals surface area (Å²) in [4.78, 5) is 16.9. The molecule has 3 rings (SSSR count). The van der Waals surface area contributed by atoms with Crippen LogP contribution in [-0.4, -0.2) is 24.4 Å². The number of aldehydes is 1. The molecule has 142 valence electrons. The van der Waals surface area contributed by atoms with Crippen LogP contribution in [0, 0.1) is 5.82 Å². The summed E-state index contributed by atoms with van der Waals surface area (Å²) in [7, 11) is 0. The van der Waals surface area contributed by atoms with Gasteiger partial charge in [-0.1, -0.05) is 12.1 Å². The van der Waals surface area contributed by atoms with E-state index in [-0.39, 0.29) is 5.82 Å². The predicted molar refractivity (Wildman–Crippen MR) is 94.8 cm³/mol. The second-order valence-electron chi connectivity index (χ2n) is 6.34. The maximum absolute atomic E-state index is 13.3. The Hall–Kier alpha value is -2.70. The first kappa shape index (κ1) is 19.1. The third-order valence-corrected chi connectivity index (χ3v) is 4.50. The lowest BCUT2D eigenvalue weighted by Crippen LogP contribution is -2.31. The van der Waals surface area contributed by atoms with Crippen LogP contribution >= 0.6 is 0 Å². The smallest absolute Gasteiger partial charge is 0.356 e. The summed E-state index contributed by atoms with van der Waals surface area (Å²) in [5.74, 6) is -0.243. The highest BCUT2D eigenvalue weighted by Crippen LogP contribution is 2.36. The van der Waals surface area contributed by atoms with Gasteiger partial charge in [0.2, 0.25) is 0 Å². The third-order valence-electron chi connectivity index (χ3n) is 4.50. The number of aromatic nitrogens is 1. The molecular formula is C20H18F4N2O. The molecule has 0 unspecified atom stereocenters. The average molecular weight is 378 g/mol. The van der Waals surface area contributed by atoms with Crippen molar-refractivity contribution in [1.82, 2.24) is 4.98 Å². The van der Waals surface area contributed by atoms with E-state index in [1.54, 1.807) is 0 Å². The molecule has 2 heterocycles. The van der Waals surface area contributed by atoms with Crippen molar-refractivity contribution in [3.63, 3.8) is 0 Å². The van der Waals surface area contributed by atoms with E-state index in [1.165, 1.54) is 36.4 Å². The minimum Gasteiger partial charge on any atom is -0.356 e. The zero-order valence-electron chi connectivity index (χ0n) is 14.5. The molecule has 7 heteroatoms. The molecule has 1 fully saturated rings. The van der Waals surface area contributed by atoms with E-state index in [0.29, 0.717) is 36.1 Å². The van der Waals surface area contributed by atoms with Gasteiger partial charge in [-0.25, -0.2) is 9.37 Å². The first-order chi connectivity index (χ1) is 12.9. The van der Waals surface area contributed by atoms with Gasteiger partial charge in [0.05, 0.1) is 0 Å². The molecule has 0 atom stereocenters. The number of rotatable bonds is 4. The number of hydrogen-bond donors (Lipinski definition) is 0. The van der Waals surface area contributed by atoms with Crippen LogP contribution in [-0.2, 0) is 11.0 Å². The molecule has 0 amide bonds. The maximum atomic E-state index is 13.3. The van der Waals surface area contributed by atoms with E-state index < -0.39 is 17.7 Å². The van der Waals surface area contributed by atoms with Crippen LogP contribution in [0.4, 0.5) is 23.4 Å². The molecule has 0 N–H and O–H groups in total. The van der Waals surface area contributed by atoms with Crippen molar-refractivity contribution in [3.8, 4) is 0 Å². The molecule has 1 saturated heterocycles. The Morgan fingerprint density at radius 1 is 1.00 bits per heavy atom. The molecule has 0 saturated carbocycles. The number of anilines is 1. The molecule has 27 heavy (non-hydrogen) atoms. The summed E-state index contributed by atoms with van der Waals surface area (Å²) >= 11 is 0. The van der Waals surface area contributed by atoms with Gasteiger partial charge >= 0.3 is 6.18 Å². The molecule has 0 bridgehead atoms. The van der Waals surface area contributed by atoms with Crippen molar-refractivity contribution in [2.45, 2.75) is 25.4 Å². The molecule has 0 aliphatic carbocycles. The molecule has 0 spiro atoms. The highest BCUT2D eigenvalue weighted by molar-refractivity contribution is 5.92. The minimum absolute atomic E-state index is 0.196. The Bertz CT molecular complexity index is 838. The van der Waals surface area contributed by atoms with Crippen molar-refractivity contribution in [1.29, 1.82) is 0 Å². The standard InChI is InChI=1S/C20H18F4N2O/c21-15-6-4-14(5-7-15)16(10-13-27)17-8-9-18(20(22,23)24)25-19(17)26-11-2-1-3-12-26/h4-10,13H,1-3,11-12H2. The molecular weight excluding hydrogens is 360 g/mol. The van der Waals surface area contributed by atoms with Gasteiger partial charge in [0, 0.05) is 18.7 Å². The fraction of sp³-hybridized carbons (Fsp3) is 0.300. The van der Waals surface area contributed by atoms with Crippen LogP contribution in [0.2, 0.25) is 0 Å². The number of pyridine rings is 1. The molecule has 1 aromatic carbocycles. The van der Waals surface area contributed by atoms with Gasteiger partial charge in [-0.05, 0) is 60.7 Å². The molecule has 2 aromatic rings. The van der Waals surface area contributed by atoms with Crippen molar-refractivity contribution in [2.75, 3.05) is 18.0 Å². The molecule has 1 aromatic heterocycles. The van der Waals surface area contributed by atoms with Crippen LogP contribution in [0.3, 0.4) is 0 Å². The predicted octanol–water partition coefficient (Wildman–Crippen LogP) is 4.86. The Balaban J connectivity index is 2.15. The molecule has 1 aliphatic rings. The Labute approximate surface area is 154 Å². The zero-order chi connectivity index (χ0) is 19.4. The number of nitrogens with zero attached hydrogens (tertiary/aromatic N) is 2. The third kappa shape index (κ3) is 4.35. The lowest BCUT2D eigenvalue weighted by Gasteiger charge is -2.30. The summed E-state index contributed by atoms with van der Waals surface area (Å²) in [5.41, 5.74) is 0.384. The van der Waals surface area contributed by atoms with Crippen LogP contribution in [0.15, 0.2) is 42.5 Å². The van der Waals surface area contributed by atoms with Gasteiger partial charge in [0.1, 0.15) is 23.6 Å². The second-order valence-corrected chi connectivity index (χ2v) is 6.34. The first-order valence-corrected chi connectivity index (χ1v) is 8.65. The fourth-order valence-corrected chi connectivity index (χ4v) is 3.20. The van der Waals surface area contributed by atoms with Crippen molar-refractivity contribution < 1.29 is 22.4 Å². The minimum atomic E-state index is -4.56. The summed E-state index contributed by atoms with van der Waals surface area (Å²) in [6.07, 6.45) is 0.00978. The van der Waals surface area contributed by atoms with Crippen molar-refractivity contribution in [2.24, 2.45) is 0 Å². The van der Waals surface area contributed by atoms with E-state index in [9.17, 15) is 22.4 Å². The van der Waals surface area contributed by atoms with Crippen LogP contribution < -0.4 is 4.90 Å². The molecule has 1 aliphatic heterocycles. The van der Waals surface area contributed by atoms with E-state index in [0.717, 1.165) is 25.3 Å². The van der Waals surface area contributed by atoms with E-state index in [2.05, 4.69) is 4.98 Å². The van der Waals surface area contributed by atoms with Gasteiger partial charge in [-0.2, -0.15) is 13.2 Å². The number of benzene rings is 1. The lowest BCUT2D eigenvalue weighted by molar-refractivity contribution is -0.141. The second kappa shape index (κ2) is 7.90. The highest BCUT2D eigenvalue weighted by Gasteiger charge is 2.34. The summed E-state index contributed by atoms with van der Waals surface area (Å²) in [6.45, 7) is 1.19. The number of halogens is 4. The Morgan fingerprint density at radius 3 is 2.26 bits per heavy atom. The number of piperidine rings is 1. The molecule has 0 radical (unpaired) electrons. The SMILES string of the molecule is O=CC=C(c1ccc(F)cc1)c1ccc(C(F)(F)F)nc1N1CCCCC1. The number of carbonyl (C=O) groups excluding carboxylic acids is 1. The van der Waals surface area contributed by atoms with Crippen LogP contribution in [0.25, 0.3) is 5.57 Å². The van der Waals surface area contributed by atoms with Gasteiger partial charge in [-0.3, -0.25) is 4.79 Å². The lowest BCUT2D eigenvalue weighted by atomic mass is 9.96. The van der Waals surface area contributed by atoms with Gasteiger partial charge in [0.15, 0.2) is 0 Å². The fourth-order valence-electron chi connectivity index (χ4n) is 3.20. The number of hydrogen-bond acceptors (Lipinski definition) is 3. The Kier molecular flexibility index (Phi) is 5.58. The first-order valence-electron chi connectivity index (χ1n) is 8.65. The van der Waals surface area contributed by atoms with E-state index >= 15 is 0 Å². The number of carbonyl (C=O) groups is 1. The average Bonchev–Trinajstić information content (AvgIpc) is 2.66. The monoisotopic (exact) mass is 378 g/mol. The quantitative estimate of drug-likeness (QED) is 0.433. The summed E-state index contributed by atoms with van der Waals surface area (Å²) < 4.78 is 52.8. The maximum Gasteiger partial charge on any atom is 0.433 e. The molecule has 3 nitrogen and oxygen atoms in total. The number of allylic oxidation sites excluding steroid dienone is 1. The number of alkyl halides is 3. The van der Waals surface area contributed by atoms with E-state index in [1.807, 2.05) is 4.90 Å². The highest BCUT2D eigenvalue weighted by atomic mass is 19.4. The Morgan fingerprint density at radius 2 is 1.67 bits per heavy atom. The van der Waals surface area contributed by atoms with Gasteiger partial charge in [0.25, 0.3) is 0 Å². The summed E-state index contributed by atoms with van der Waals surface area (Å²) in [5, 5.41) is 0. The zero-order valence-corrected chi connectivity index (χ0v) is 14.5. The van der Waals surface area contributed by atoms with Crippen molar-refractivity contribution in [3.05, 3.63) is 65.1 Å². The topological polar surface area (TPSA) is 33.2 Å². The van der Waals surface area contributed by atoms with Gasteiger partial charge in [-0.15, -0.1) is 0 Å². The largest absolute Gasteiger partial charge is 0.433 e. The van der Waals surface area contributed by atoms with Crippen molar-refractivity contribution >= 4 is 17.7 Å². The summed E-state index contributed by atoms with van der Waals surface area (Å²) in [6, 6.07) is 7.70. The van der Waals surface area contributed by atoms with Gasteiger partial charge < -0.3 is 4.90 Å². The van der Waals surface area contributed by atoms with Crippen LogP contribution in [0.5, 0.6) is 0 Å². The normalized spacial score (nSPS) is 15.7. The van der Waals surface area contributed by atoms with E-state index in [4.69, 9.17) is 0 Å².